The van der Waals surface area contributed by atoms with Gasteiger partial charge in [0.25, 0.3) is 5.91 Å². The van der Waals surface area contributed by atoms with E-state index < -0.39 is 0 Å². The molecule has 1 aliphatic heterocycles. The van der Waals surface area contributed by atoms with Gasteiger partial charge in [0, 0.05) is 28.3 Å². The van der Waals surface area contributed by atoms with Crippen molar-refractivity contribution in [3.63, 3.8) is 0 Å². The van der Waals surface area contributed by atoms with Crippen LogP contribution >= 0.6 is 0 Å². The minimum atomic E-state index is -0.104. The van der Waals surface area contributed by atoms with Crippen LogP contribution in [0.3, 0.4) is 0 Å². The molecule has 0 aliphatic carbocycles. The van der Waals surface area contributed by atoms with Gasteiger partial charge in [-0.05, 0) is 44.2 Å². The molecule has 2 aromatic carbocycles. The van der Waals surface area contributed by atoms with Crippen molar-refractivity contribution in [1.29, 1.82) is 0 Å². The molecule has 0 fully saturated rings. The van der Waals surface area contributed by atoms with Crippen molar-refractivity contribution < 1.29 is 4.79 Å². The summed E-state index contributed by atoms with van der Waals surface area (Å²) in [5, 5.41) is 6.14. The number of anilines is 3. The lowest BCUT2D eigenvalue weighted by Gasteiger charge is -2.10. The third-order valence-electron chi connectivity index (χ3n) is 3.55. The molecule has 1 aliphatic rings. The van der Waals surface area contributed by atoms with Gasteiger partial charge in [-0.3, -0.25) is 4.79 Å². The van der Waals surface area contributed by atoms with E-state index in [0.717, 1.165) is 22.6 Å². The number of carbonyl (C=O) groups excluding carboxylic acids is 1. The highest BCUT2D eigenvalue weighted by atomic mass is 16.2. The molecular formula is C17H17N3O. The Kier molecular flexibility index (Phi) is 3.14. The zero-order valence-corrected chi connectivity index (χ0v) is 12.0. The van der Waals surface area contributed by atoms with Crippen LogP contribution in [0.5, 0.6) is 0 Å². The second-order valence-electron chi connectivity index (χ2n) is 5.25. The van der Waals surface area contributed by atoms with Crippen LogP contribution < -0.4 is 16.4 Å². The van der Waals surface area contributed by atoms with Gasteiger partial charge in [0.15, 0.2) is 0 Å². The third-order valence-corrected chi connectivity index (χ3v) is 3.55. The average molecular weight is 279 g/mol. The van der Waals surface area contributed by atoms with E-state index in [1.165, 1.54) is 5.56 Å². The molecule has 0 bridgehead atoms. The summed E-state index contributed by atoms with van der Waals surface area (Å²) in [6.07, 6.45) is 0. The molecule has 1 heterocycles. The van der Waals surface area contributed by atoms with E-state index in [9.17, 15) is 4.79 Å². The Morgan fingerprint density at radius 2 is 1.86 bits per heavy atom. The zero-order valence-electron chi connectivity index (χ0n) is 12.0. The Bertz CT molecular complexity index is 745. The first kappa shape index (κ1) is 13.2. The quantitative estimate of drug-likeness (QED) is 0.583. The fourth-order valence-electron chi connectivity index (χ4n) is 2.47. The van der Waals surface area contributed by atoms with Crippen molar-refractivity contribution in [2.24, 2.45) is 0 Å². The number of nitrogens with two attached hydrogens (primary N) is 1. The molecule has 0 unspecified atom stereocenters. The van der Waals surface area contributed by atoms with E-state index >= 15 is 0 Å². The molecule has 21 heavy (non-hydrogen) atoms. The van der Waals surface area contributed by atoms with Crippen LogP contribution in [-0.2, 0) is 4.79 Å². The molecule has 106 valence electrons. The van der Waals surface area contributed by atoms with Crippen molar-refractivity contribution in [2.75, 3.05) is 16.4 Å². The molecule has 3 rings (SSSR count). The first-order chi connectivity index (χ1) is 10.0. The Morgan fingerprint density at radius 3 is 2.57 bits per heavy atom. The standard InChI is InChI=1S/C17H17N3O/c1-10-3-6-13(7-4-10)19-11(2)16-14-9-12(18)5-8-15(14)20-17(16)21/h3-9,19H,18H2,1-2H3,(H,20,21). The van der Waals surface area contributed by atoms with E-state index in [-0.39, 0.29) is 5.91 Å². The topological polar surface area (TPSA) is 67.2 Å². The molecule has 2 aromatic rings. The summed E-state index contributed by atoms with van der Waals surface area (Å²) in [6.45, 7) is 3.94. The molecule has 4 nitrogen and oxygen atoms in total. The average Bonchev–Trinajstić information content (AvgIpc) is 2.76. The van der Waals surface area contributed by atoms with Gasteiger partial charge >= 0.3 is 0 Å². The molecule has 0 saturated heterocycles. The second kappa shape index (κ2) is 4.98. The van der Waals surface area contributed by atoms with Gasteiger partial charge in [-0.25, -0.2) is 0 Å². The normalized spacial score (nSPS) is 15.4. The third kappa shape index (κ3) is 2.48. The van der Waals surface area contributed by atoms with E-state index in [1.54, 1.807) is 6.07 Å². The van der Waals surface area contributed by atoms with Crippen molar-refractivity contribution >= 4 is 28.5 Å². The molecule has 1 amide bonds. The lowest BCUT2D eigenvalue weighted by Crippen LogP contribution is -2.08. The zero-order chi connectivity index (χ0) is 15.0. The van der Waals surface area contributed by atoms with Gasteiger partial charge in [-0.15, -0.1) is 0 Å². The molecule has 0 radical (unpaired) electrons. The maximum atomic E-state index is 12.2. The number of hydrogen-bond donors (Lipinski definition) is 3. The van der Waals surface area contributed by atoms with Gasteiger partial charge in [0.2, 0.25) is 0 Å². The van der Waals surface area contributed by atoms with Crippen LogP contribution in [0.15, 0.2) is 48.2 Å². The fourth-order valence-corrected chi connectivity index (χ4v) is 2.47. The number of aryl methyl sites for hydroxylation is 1. The summed E-state index contributed by atoms with van der Waals surface area (Å²) in [4.78, 5) is 12.2. The van der Waals surface area contributed by atoms with Crippen molar-refractivity contribution in [3.8, 4) is 0 Å². The maximum absolute atomic E-state index is 12.2. The number of rotatable bonds is 2. The van der Waals surface area contributed by atoms with E-state index in [0.29, 0.717) is 11.3 Å². The molecular weight excluding hydrogens is 262 g/mol. The summed E-state index contributed by atoms with van der Waals surface area (Å²) in [5.74, 6) is -0.104. The number of fused-ring (bicyclic) bond motifs is 1. The van der Waals surface area contributed by atoms with Crippen LogP contribution in [-0.4, -0.2) is 5.91 Å². The van der Waals surface area contributed by atoms with Crippen LogP contribution in [0.2, 0.25) is 0 Å². The summed E-state index contributed by atoms with van der Waals surface area (Å²) in [6, 6.07) is 13.5. The van der Waals surface area contributed by atoms with Crippen LogP contribution in [0, 0.1) is 6.92 Å². The SMILES string of the molecule is CC(Nc1ccc(C)cc1)=C1C(=O)Nc2ccc(N)cc21. The fraction of sp³-hybridized carbons (Fsp3) is 0.118. The number of hydrogen-bond acceptors (Lipinski definition) is 3. The lowest BCUT2D eigenvalue weighted by molar-refractivity contribution is -0.110. The van der Waals surface area contributed by atoms with Gasteiger partial charge in [0.05, 0.1) is 5.57 Å². The highest BCUT2D eigenvalue weighted by Gasteiger charge is 2.26. The number of nitrogen functional groups attached to an aromatic ring is 1. The molecule has 4 N–H and O–H groups in total. The first-order valence-electron chi connectivity index (χ1n) is 6.80. The van der Waals surface area contributed by atoms with E-state index in [4.69, 9.17) is 5.73 Å². The number of benzene rings is 2. The van der Waals surface area contributed by atoms with E-state index in [1.807, 2.05) is 50.2 Å². The van der Waals surface area contributed by atoms with Gasteiger partial charge in [-0.1, -0.05) is 17.7 Å². The summed E-state index contributed by atoms with van der Waals surface area (Å²) in [5.41, 5.74) is 11.7. The Labute approximate surface area is 123 Å². The summed E-state index contributed by atoms with van der Waals surface area (Å²) >= 11 is 0. The predicted molar refractivity (Wildman–Crippen MR) is 86.9 cm³/mol. The molecule has 4 heteroatoms. The van der Waals surface area contributed by atoms with Gasteiger partial charge < -0.3 is 16.4 Å². The lowest BCUT2D eigenvalue weighted by atomic mass is 10.0. The molecule has 0 aromatic heterocycles. The number of carbonyl (C=O) groups is 1. The number of nitrogens with one attached hydrogen (secondary N) is 2. The van der Waals surface area contributed by atoms with Crippen molar-refractivity contribution in [3.05, 3.63) is 59.3 Å². The maximum Gasteiger partial charge on any atom is 0.258 e. The molecule has 0 saturated carbocycles. The van der Waals surface area contributed by atoms with Gasteiger partial charge in [0.1, 0.15) is 0 Å². The highest BCUT2D eigenvalue weighted by Crippen LogP contribution is 2.35. The van der Waals surface area contributed by atoms with Crippen molar-refractivity contribution in [2.45, 2.75) is 13.8 Å². The van der Waals surface area contributed by atoms with Crippen LogP contribution in [0.25, 0.3) is 5.57 Å². The van der Waals surface area contributed by atoms with Crippen LogP contribution in [0.4, 0.5) is 17.1 Å². The Morgan fingerprint density at radius 1 is 1.14 bits per heavy atom. The second-order valence-corrected chi connectivity index (χ2v) is 5.25. The monoisotopic (exact) mass is 279 g/mol. The first-order valence-corrected chi connectivity index (χ1v) is 6.80. The number of allylic oxidation sites excluding steroid dienone is 1. The minimum Gasteiger partial charge on any atom is -0.399 e. The molecule has 0 spiro atoms. The summed E-state index contributed by atoms with van der Waals surface area (Å²) < 4.78 is 0. The van der Waals surface area contributed by atoms with Crippen molar-refractivity contribution in [1.82, 2.24) is 0 Å². The molecule has 0 atom stereocenters. The largest absolute Gasteiger partial charge is 0.399 e. The smallest absolute Gasteiger partial charge is 0.258 e. The van der Waals surface area contributed by atoms with Crippen LogP contribution in [0.1, 0.15) is 18.1 Å². The number of amides is 1. The van der Waals surface area contributed by atoms with Gasteiger partial charge in [-0.2, -0.15) is 0 Å². The van der Waals surface area contributed by atoms with E-state index in [2.05, 4.69) is 10.6 Å². The summed E-state index contributed by atoms with van der Waals surface area (Å²) in [7, 11) is 0. The Hall–Kier alpha value is -2.75. The minimum absolute atomic E-state index is 0.104. The highest BCUT2D eigenvalue weighted by molar-refractivity contribution is 6.32. The predicted octanol–water partition coefficient (Wildman–Crippen LogP) is 3.37. The Balaban J connectivity index is 2.00.